The number of H-pyrrole nitrogens is 1. The van der Waals surface area contributed by atoms with E-state index in [9.17, 15) is 9.59 Å². The Hall–Kier alpha value is -2.88. The Bertz CT molecular complexity index is 966. The second-order valence-corrected chi connectivity index (χ2v) is 7.44. The summed E-state index contributed by atoms with van der Waals surface area (Å²) in [6.45, 7) is 3.14. The molecule has 0 saturated carbocycles. The first-order valence-electron chi connectivity index (χ1n) is 9.57. The number of likely N-dealkylation sites (tertiary alicyclic amines) is 1. The van der Waals surface area contributed by atoms with Crippen LogP contribution in [0.15, 0.2) is 54.7 Å². The maximum atomic E-state index is 12.9. The van der Waals surface area contributed by atoms with E-state index in [4.69, 9.17) is 0 Å². The summed E-state index contributed by atoms with van der Waals surface area (Å²) in [6, 6.07) is 16.1. The smallest absolute Gasteiger partial charge is 0.253 e. The molecule has 2 aromatic carbocycles. The molecule has 4 heteroatoms. The summed E-state index contributed by atoms with van der Waals surface area (Å²) < 4.78 is 0. The molecular formula is C23H24N2O2. The summed E-state index contributed by atoms with van der Waals surface area (Å²) in [4.78, 5) is 29.8. The van der Waals surface area contributed by atoms with Gasteiger partial charge in [-0.25, -0.2) is 0 Å². The van der Waals surface area contributed by atoms with Crippen molar-refractivity contribution in [1.82, 2.24) is 9.88 Å². The van der Waals surface area contributed by atoms with Crippen LogP contribution in [0.2, 0.25) is 0 Å². The lowest BCUT2D eigenvalue weighted by atomic mass is 9.90. The van der Waals surface area contributed by atoms with Gasteiger partial charge in [0.25, 0.3) is 5.91 Å². The predicted molar refractivity (Wildman–Crippen MR) is 107 cm³/mol. The van der Waals surface area contributed by atoms with Crippen LogP contribution in [0.3, 0.4) is 0 Å². The van der Waals surface area contributed by atoms with Gasteiger partial charge in [0, 0.05) is 41.3 Å². The van der Waals surface area contributed by atoms with Gasteiger partial charge in [0.1, 0.15) is 0 Å². The van der Waals surface area contributed by atoms with E-state index < -0.39 is 0 Å². The highest BCUT2D eigenvalue weighted by molar-refractivity contribution is 6.08. The van der Waals surface area contributed by atoms with Crippen molar-refractivity contribution in [2.45, 2.75) is 26.2 Å². The number of piperidine rings is 1. The second kappa shape index (κ2) is 7.39. The molecule has 3 aromatic rings. The number of benzene rings is 2. The summed E-state index contributed by atoms with van der Waals surface area (Å²) in [5.41, 5.74) is 3.56. The van der Waals surface area contributed by atoms with Crippen LogP contribution in [-0.2, 0) is 6.42 Å². The Morgan fingerprint density at radius 2 is 1.81 bits per heavy atom. The van der Waals surface area contributed by atoms with E-state index in [1.807, 2.05) is 29.2 Å². The van der Waals surface area contributed by atoms with Gasteiger partial charge in [0.15, 0.2) is 5.78 Å². The van der Waals surface area contributed by atoms with Crippen molar-refractivity contribution in [2.75, 3.05) is 13.1 Å². The Morgan fingerprint density at radius 1 is 1.07 bits per heavy atom. The first-order valence-corrected chi connectivity index (χ1v) is 9.57. The normalized spacial score (nSPS) is 15.2. The molecule has 1 fully saturated rings. The minimum atomic E-state index is 0.00701. The quantitative estimate of drug-likeness (QED) is 0.698. The molecule has 0 unspecified atom stereocenters. The molecule has 0 radical (unpaired) electrons. The third-order valence-corrected chi connectivity index (χ3v) is 5.58. The van der Waals surface area contributed by atoms with Crippen LogP contribution in [0.25, 0.3) is 10.9 Å². The van der Waals surface area contributed by atoms with Crippen LogP contribution in [0, 0.1) is 5.92 Å². The lowest BCUT2D eigenvalue weighted by Gasteiger charge is -2.32. The number of nitrogens with one attached hydrogen (secondary N) is 1. The van der Waals surface area contributed by atoms with Gasteiger partial charge in [0.2, 0.25) is 0 Å². The van der Waals surface area contributed by atoms with Crippen molar-refractivity contribution in [3.8, 4) is 0 Å². The van der Waals surface area contributed by atoms with Crippen LogP contribution < -0.4 is 0 Å². The molecule has 1 saturated heterocycles. The van der Waals surface area contributed by atoms with Gasteiger partial charge >= 0.3 is 0 Å². The molecule has 0 spiro atoms. The Balaban J connectivity index is 1.44. The number of amides is 1. The number of hydrogen-bond acceptors (Lipinski definition) is 2. The van der Waals surface area contributed by atoms with Gasteiger partial charge in [-0.3, -0.25) is 9.59 Å². The molecule has 2 heterocycles. The number of aromatic nitrogens is 1. The molecule has 4 nitrogen and oxygen atoms in total. The van der Waals surface area contributed by atoms with Crippen molar-refractivity contribution in [2.24, 2.45) is 5.92 Å². The maximum Gasteiger partial charge on any atom is 0.253 e. The third kappa shape index (κ3) is 3.65. The second-order valence-electron chi connectivity index (χ2n) is 7.44. The summed E-state index contributed by atoms with van der Waals surface area (Å²) in [6.07, 6.45) is 4.87. The number of Topliss-reactive ketones (excluding diaryl/α,β-unsaturated/α-hetero) is 1. The molecule has 4 rings (SSSR count). The van der Waals surface area contributed by atoms with Crippen molar-refractivity contribution < 1.29 is 9.59 Å². The number of carbonyl (C=O) groups is 2. The van der Waals surface area contributed by atoms with Crippen LogP contribution in [0.1, 0.15) is 46.0 Å². The van der Waals surface area contributed by atoms with E-state index in [2.05, 4.69) is 29.2 Å². The van der Waals surface area contributed by atoms with Crippen molar-refractivity contribution in [1.29, 1.82) is 0 Å². The summed E-state index contributed by atoms with van der Waals surface area (Å²) in [7, 11) is 0. The summed E-state index contributed by atoms with van der Waals surface area (Å²) in [5.74, 6) is 0.700. The van der Waals surface area contributed by atoms with E-state index in [0.29, 0.717) is 17.0 Å². The zero-order valence-electron chi connectivity index (χ0n) is 15.6. The first kappa shape index (κ1) is 17.5. The lowest BCUT2D eigenvalue weighted by Crippen LogP contribution is -2.38. The van der Waals surface area contributed by atoms with Gasteiger partial charge in [-0.2, -0.15) is 0 Å². The Kier molecular flexibility index (Phi) is 4.80. The van der Waals surface area contributed by atoms with E-state index in [-0.39, 0.29) is 11.7 Å². The number of fused-ring (bicyclic) bond motifs is 1. The zero-order chi connectivity index (χ0) is 18.8. The highest BCUT2D eigenvalue weighted by Gasteiger charge is 2.24. The topological polar surface area (TPSA) is 53.2 Å². The molecule has 1 aliphatic heterocycles. The fourth-order valence-electron chi connectivity index (χ4n) is 4.02. The van der Waals surface area contributed by atoms with Crippen molar-refractivity contribution in [3.05, 3.63) is 71.4 Å². The SMILES string of the molecule is CC(=O)c1c[nH]c2ccc(C(=O)N3CCC(Cc4ccccc4)CC3)cc12. The molecule has 1 N–H and O–H groups in total. The molecule has 0 bridgehead atoms. The van der Waals surface area contributed by atoms with Gasteiger partial charge in [-0.05, 0) is 55.9 Å². The molecule has 0 atom stereocenters. The summed E-state index contributed by atoms with van der Waals surface area (Å²) >= 11 is 0. The fraction of sp³-hybridized carbons (Fsp3) is 0.304. The number of aromatic amines is 1. The summed E-state index contributed by atoms with van der Waals surface area (Å²) in [5, 5.41) is 0.826. The number of rotatable bonds is 4. The van der Waals surface area contributed by atoms with E-state index >= 15 is 0 Å². The van der Waals surface area contributed by atoms with Crippen LogP contribution >= 0.6 is 0 Å². The van der Waals surface area contributed by atoms with E-state index in [0.717, 1.165) is 43.3 Å². The lowest BCUT2D eigenvalue weighted by molar-refractivity contribution is 0.0690. The van der Waals surface area contributed by atoms with Crippen molar-refractivity contribution >= 4 is 22.6 Å². The van der Waals surface area contributed by atoms with Crippen LogP contribution in [-0.4, -0.2) is 34.7 Å². The predicted octanol–water partition coefficient (Wildman–Crippen LogP) is 4.47. The van der Waals surface area contributed by atoms with Crippen LogP contribution in [0.4, 0.5) is 0 Å². The molecule has 1 aliphatic rings. The number of nitrogens with zero attached hydrogens (tertiary/aromatic N) is 1. The highest BCUT2D eigenvalue weighted by atomic mass is 16.2. The van der Waals surface area contributed by atoms with Gasteiger partial charge in [-0.15, -0.1) is 0 Å². The van der Waals surface area contributed by atoms with Crippen molar-refractivity contribution in [3.63, 3.8) is 0 Å². The minimum absolute atomic E-state index is 0.00701. The molecule has 138 valence electrons. The molecule has 1 aromatic heterocycles. The van der Waals surface area contributed by atoms with E-state index in [1.165, 1.54) is 5.56 Å². The average Bonchev–Trinajstić information content (AvgIpc) is 3.12. The van der Waals surface area contributed by atoms with Gasteiger partial charge in [-0.1, -0.05) is 30.3 Å². The minimum Gasteiger partial charge on any atom is -0.360 e. The average molecular weight is 360 g/mol. The van der Waals surface area contributed by atoms with Gasteiger partial charge < -0.3 is 9.88 Å². The monoisotopic (exact) mass is 360 g/mol. The fourth-order valence-corrected chi connectivity index (χ4v) is 4.02. The molecule has 27 heavy (non-hydrogen) atoms. The number of hydrogen-bond donors (Lipinski definition) is 1. The molecule has 0 aliphatic carbocycles. The Morgan fingerprint density at radius 3 is 2.52 bits per heavy atom. The van der Waals surface area contributed by atoms with E-state index in [1.54, 1.807) is 13.1 Å². The van der Waals surface area contributed by atoms with Gasteiger partial charge in [0.05, 0.1) is 0 Å². The number of ketones is 1. The standard InChI is InChI=1S/C23H24N2O2/c1-16(26)21-15-24-22-8-7-19(14-20(21)22)23(27)25-11-9-18(10-12-25)13-17-5-3-2-4-6-17/h2-8,14-15,18,24H,9-13H2,1H3. The van der Waals surface area contributed by atoms with Crippen LogP contribution in [0.5, 0.6) is 0 Å². The first-order chi connectivity index (χ1) is 13.1. The largest absolute Gasteiger partial charge is 0.360 e. The molecular weight excluding hydrogens is 336 g/mol. The maximum absolute atomic E-state index is 12.9. The number of carbonyl (C=O) groups excluding carboxylic acids is 2. The third-order valence-electron chi connectivity index (χ3n) is 5.58. The molecule has 1 amide bonds. The zero-order valence-corrected chi connectivity index (χ0v) is 15.6. The Labute approximate surface area is 159 Å². The highest BCUT2D eigenvalue weighted by Crippen LogP contribution is 2.25.